The Bertz CT molecular complexity index is 1140. The molecule has 1 aromatic carbocycles. The number of esters is 1. The van der Waals surface area contributed by atoms with Gasteiger partial charge in [0.2, 0.25) is 5.91 Å². The molecule has 0 fully saturated rings. The molecule has 0 atom stereocenters. The molecule has 2 aromatic heterocycles. The Morgan fingerprint density at radius 3 is 2.67 bits per heavy atom. The molecule has 0 radical (unpaired) electrons. The van der Waals surface area contributed by atoms with Crippen LogP contribution in [0.3, 0.4) is 0 Å². The number of unbranched alkanes of at least 4 members (excludes halogenated alkanes) is 1. The molecule has 0 saturated heterocycles. The summed E-state index contributed by atoms with van der Waals surface area (Å²) in [7, 11) is 2.00. The molecule has 33 heavy (non-hydrogen) atoms. The number of fused-ring (bicyclic) bond motifs is 1. The minimum Gasteiger partial charge on any atom is -0.462 e. The summed E-state index contributed by atoms with van der Waals surface area (Å²) in [6, 6.07) is 7.93. The molecule has 8 heteroatoms. The number of hydrogen-bond donors (Lipinski definition) is 1. The van der Waals surface area contributed by atoms with Crippen LogP contribution in [0.4, 0.5) is 5.82 Å². The molecule has 0 bridgehead atoms. The fourth-order valence-electron chi connectivity index (χ4n) is 3.68. The highest BCUT2D eigenvalue weighted by molar-refractivity contribution is 6.00. The largest absolute Gasteiger partial charge is 0.462 e. The summed E-state index contributed by atoms with van der Waals surface area (Å²) in [5, 5.41) is 8.32. The van der Waals surface area contributed by atoms with Gasteiger partial charge in [0.15, 0.2) is 11.6 Å². The van der Waals surface area contributed by atoms with E-state index in [-0.39, 0.29) is 23.9 Å². The number of aromatic nitrogens is 3. The number of nitrogens with zero attached hydrogens (tertiary/aromatic N) is 4. The van der Waals surface area contributed by atoms with Crippen molar-refractivity contribution in [3.63, 3.8) is 0 Å². The number of ether oxygens (including phenoxy) is 1. The van der Waals surface area contributed by atoms with Gasteiger partial charge in [-0.25, -0.2) is 9.78 Å². The van der Waals surface area contributed by atoms with E-state index in [0.717, 1.165) is 41.4 Å². The van der Waals surface area contributed by atoms with Crippen molar-refractivity contribution >= 4 is 28.6 Å². The van der Waals surface area contributed by atoms with Crippen LogP contribution in [0.1, 0.15) is 54.6 Å². The van der Waals surface area contributed by atoms with Gasteiger partial charge < -0.3 is 15.0 Å². The van der Waals surface area contributed by atoms with Crippen LogP contribution < -0.4 is 5.32 Å². The van der Waals surface area contributed by atoms with E-state index in [2.05, 4.69) is 22.2 Å². The number of anilines is 1. The van der Waals surface area contributed by atoms with Gasteiger partial charge >= 0.3 is 5.97 Å². The van der Waals surface area contributed by atoms with E-state index >= 15 is 0 Å². The lowest BCUT2D eigenvalue weighted by atomic mass is 10.1. The molecule has 0 aliphatic heterocycles. The van der Waals surface area contributed by atoms with E-state index in [1.165, 1.54) is 10.9 Å². The lowest BCUT2D eigenvalue weighted by Gasteiger charge is -2.16. The lowest BCUT2D eigenvalue weighted by Crippen LogP contribution is -2.26. The summed E-state index contributed by atoms with van der Waals surface area (Å²) in [5.41, 5.74) is 3.13. The van der Waals surface area contributed by atoms with Gasteiger partial charge in [-0.15, -0.1) is 0 Å². The van der Waals surface area contributed by atoms with Gasteiger partial charge in [0.25, 0.3) is 0 Å². The molecule has 0 unspecified atom stereocenters. The van der Waals surface area contributed by atoms with Gasteiger partial charge in [-0.2, -0.15) is 9.78 Å². The van der Waals surface area contributed by atoms with Crippen LogP contribution in [0.15, 0.2) is 30.5 Å². The van der Waals surface area contributed by atoms with Crippen LogP contribution in [0.25, 0.3) is 16.7 Å². The number of aryl methyl sites for hydroxylation is 2. The average molecular weight is 452 g/mol. The molecule has 3 rings (SSSR count). The van der Waals surface area contributed by atoms with Gasteiger partial charge in [-0.1, -0.05) is 31.5 Å². The number of nitrogens with one attached hydrogen (secondary N) is 1. The molecule has 1 N–H and O–H groups in total. The first-order chi connectivity index (χ1) is 15.8. The molecule has 176 valence electrons. The molecule has 1 amide bonds. The number of para-hydroxylation sites is 1. The van der Waals surface area contributed by atoms with Gasteiger partial charge in [-0.05, 0) is 58.0 Å². The van der Waals surface area contributed by atoms with Crippen molar-refractivity contribution < 1.29 is 14.3 Å². The molecule has 3 aromatic rings. The molecule has 8 nitrogen and oxygen atoms in total. The van der Waals surface area contributed by atoms with Gasteiger partial charge in [0.1, 0.15) is 5.56 Å². The second-order valence-corrected chi connectivity index (χ2v) is 8.26. The molecule has 0 aliphatic rings. The molecule has 0 aliphatic carbocycles. The van der Waals surface area contributed by atoms with Crippen LogP contribution in [-0.4, -0.2) is 58.3 Å². The fourth-order valence-corrected chi connectivity index (χ4v) is 3.68. The Kier molecular flexibility index (Phi) is 8.16. The normalized spacial score (nSPS) is 11.2. The van der Waals surface area contributed by atoms with Gasteiger partial charge in [-0.3, -0.25) is 4.79 Å². The highest BCUT2D eigenvalue weighted by atomic mass is 16.5. The number of carbonyl (C=O) groups is 2. The Morgan fingerprint density at radius 2 is 1.94 bits per heavy atom. The zero-order valence-corrected chi connectivity index (χ0v) is 20.1. The molecule has 0 saturated carbocycles. The zero-order valence-electron chi connectivity index (χ0n) is 20.1. The summed E-state index contributed by atoms with van der Waals surface area (Å²) < 4.78 is 6.69. The first-order valence-electron chi connectivity index (χ1n) is 11.5. The number of pyridine rings is 1. The highest BCUT2D eigenvalue weighted by Gasteiger charge is 2.22. The summed E-state index contributed by atoms with van der Waals surface area (Å²) in [6.45, 7) is 9.69. The van der Waals surface area contributed by atoms with Crippen LogP contribution in [0, 0.1) is 13.8 Å². The minimum atomic E-state index is -0.534. The Balaban J connectivity index is 1.95. The van der Waals surface area contributed by atoms with Gasteiger partial charge in [0.05, 0.1) is 18.3 Å². The van der Waals surface area contributed by atoms with Crippen molar-refractivity contribution in [3.05, 3.63) is 47.2 Å². The first kappa shape index (κ1) is 24.4. The van der Waals surface area contributed by atoms with E-state index in [9.17, 15) is 9.59 Å². The molecule has 2 heterocycles. The SMILES string of the molecule is CCCCN(C)CCC(=O)Nc1c(C(=O)OCC)cnn1-c1cc(C)c2cccc(C)c2n1. The predicted octanol–water partition coefficient (Wildman–Crippen LogP) is 4.27. The third kappa shape index (κ3) is 5.76. The van der Waals surface area contributed by atoms with Crippen molar-refractivity contribution in [3.8, 4) is 5.82 Å². The summed E-state index contributed by atoms with van der Waals surface area (Å²) in [6.07, 6.45) is 3.91. The van der Waals surface area contributed by atoms with Crippen molar-refractivity contribution in [2.75, 3.05) is 32.1 Å². The van der Waals surface area contributed by atoms with Crippen LogP contribution >= 0.6 is 0 Å². The molecule has 0 spiro atoms. The number of benzene rings is 1. The second kappa shape index (κ2) is 11.0. The van der Waals surface area contributed by atoms with Crippen molar-refractivity contribution in [2.45, 2.75) is 47.0 Å². The first-order valence-corrected chi connectivity index (χ1v) is 11.5. The summed E-state index contributed by atoms with van der Waals surface area (Å²) in [5.74, 6) is 0.0712. The lowest BCUT2D eigenvalue weighted by molar-refractivity contribution is -0.116. The Labute approximate surface area is 194 Å². The molecular weight excluding hydrogens is 418 g/mol. The fraction of sp³-hybridized carbons (Fsp3) is 0.440. The van der Waals surface area contributed by atoms with Crippen LogP contribution in [0.2, 0.25) is 0 Å². The number of carbonyl (C=O) groups excluding carboxylic acids is 2. The Hall–Kier alpha value is -3.26. The van der Waals surface area contributed by atoms with Gasteiger partial charge in [0, 0.05) is 18.4 Å². The third-order valence-electron chi connectivity index (χ3n) is 5.59. The topological polar surface area (TPSA) is 89.4 Å². The smallest absolute Gasteiger partial charge is 0.343 e. The minimum absolute atomic E-state index is 0.195. The predicted molar refractivity (Wildman–Crippen MR) is 130 cm³/mol. The highest BCUT2D eigenvalue weighted by Crippen LogP contribution is 2.26. The maximum Gasteiger partial charge on any atom is 0.343 e. The van der Waals surface area contributed by atoms with E-state index in [1.807, 2.05) is 45.2 Å². The van der Waals surface area contributed by atoms with E-state index in [4.69, 9.17) is 9.72 Å². The quantitative estimate of drug-likeness (QED) is 0.463. The van der Waals surface area contributed by atoms with E-state index in [1.54, 1.807) is 6.92 Å². The summed E-state index contributed by atoms with van der Waals surface area (Å²) >= 11 is 0. The summed E-state index contributed by atoms with van der Waals surface area (Å²) in [4.78, 5) is 32.3. The van der Waals surface area contributed by atoms with E-state index in [0.29, 0.717) is 18.8 Å². The van der Waals surface area contributed by atoms with Crippen molar-refractivity contribution in [2.24, 2.45) is 0 Å². The average Bonchev–Trinajstić information content (AvgIpc) is 3.20. The van der Waals surface area contributed by atoms with Crippen LogP contribution in [0.5, 0.6) is 0 Å². The number of amides is 1. The maximum atomic E-state index is 12.8. The number of rotatable bonds is 10. The van der Waals surface area contributed by atoms with Crippen molar-refractivity contribution in [1.82, 2.24) is 19.7 Å². The third-order valence-corrected chi connectivity index (χ3v) is 5.59. The number of hydrogen-bond acceptors (Lipinski definition) is 6. The Morgan fingerprint density at radius 1 is 1.15 bits per heavy atom. The standard InChI is InChI=1S/C25H33N5O3/c1-6-8-13-29(5)14-12-22(31)28-24-20(25(32)33-7-2)16-26-30(24)21-15-18(4)19-11-9-10-17(3)23(19)27-21/h9-11,15-16H,6-8,12-14H2,1-5H3,(H,28,31). The zero-order chi connectivity index (χ0) is 24.0. The van der Waals surface area contributed by atoms with Crippen molar-refractivity contribution in [1.29, 1.82) is 0 Å². The monoisotopic (exact) mass is 451 g/mol. The van der Waals surface area contributed by atoms with E-state index < -0.39 is 5.97 Å². The van der Waals surface area contributed by atoms with Crippen LogP contribution in [-0.2, 0) is 9.53 Å². The maximum absolute atomic E-state index is 12.8. The second-order valence-electron chi connectivity index (χ2n) is 8.26. The molecular formula is C25H33N5O3.